The Balaban J connectivity index is 1.49. The van der Waals surface area contributed by atoms with Crippen molar-refractivity contribution in [3.63, 3.8) is 0 Å². The van der Waals surface area contributed by atoms with Crippen LogP contribution in [0.5, 0.6) is 5.75 Å². The fourth-order valence-electron chi connectivity index (χ4n) is 3.28. The maximum absolute atomic E-state index is 5.96. The van der Waals surface area contributed by atoms with E-state index in [0.717, 1.165) is 16.2 Å². The van der Waals surface area contributed by atoms with Crippen molar-refractivity contribution in [1.29, 1.82) is 0 Å². The van der Waals surface area contributed by atoms with Crippen LogP contribution in [0.15, 0.2) is 60.7 Å². The summed E-state index contributed by atoms with van der Waals surface area (Å²) in [6, 6.07) is 18.9. The van der Waals surface area contributed by atoms with E-state index >= 15 is 0 Å². The predicted molar refractivity (Wildman–Crippen MR) is 94.2 cm³/mol. The van der Waals surface area contributed by atoms with Crippen molar-refractivity contribution in [2.75, 3.05) is 0 Å². The minimum Gasteiger partial charge on any atom is -0.489 e. The summed E-state index contributed by atoms with van der Waals surface area (Å²) in [6.45, 7) is 0.629. The maximum atomic E-state index is 5.96. The molecule has 0 aliphatic carbocycles. The van der Waals surface area contributed by atoms with E-state index in [9.17, 15) is 0 Å². The number of allylic oxidation sites excluding steroid dienone is 1. The summed E-state index contributed by atoms with van der Waals surface area (Å²) >= 11 is 2.15. The Hall–Kier alpha value is -1.67. The van der Waals surface area contributed by atoms with Gasteiger partial charge < -0.3 is 4.74 Å². The lowest BCUT2D eigenvalue weighted by atomic mass is 10.0. The average molecular weight is 308 g/mol. The topological polar surface area (TPSA) is 9.23 Å². The van der Waals surface area contributed by atoms with Gasteiger partial charge in [-0.1, -0.05) is 48.5 Å². The van der Waals surface area contributed by atoms with Crippen molar-refractivity contribution in [3.8, 4) is 5.75 Å². The molecule has 2 unspecified atom stereocenters. The molecule has 112 valence electrons. The Labute approximate surface area is 136 Å². The van der Waals surface area contributed by atoms with Crippen LogP contribution in [-0.2, 0) is 6.61 Å². The van der Waals surface area contributed by atoms with Gasteiger partial charge >= 0.3 is 0 Å². The highest BCUT2D eigenvalue weighted by atomic mass is 32.2. The fourth-order valence-corrected chi connectivity index (χ4v) is 4.84. The van der Waals surface area contributed by atoms with E-state index in [1.54, 1.807) is 0 Å². The van der Waals surface area contributed by atoms with Crippen molar-refractivity contribution >= 4 is 17.3 Å². The molecule has 0 amide bonds. The van der Waals surface area contributed by atoms with Crippen LogP contribution in [0.25, 0.3) is 5.57 Å². The first-order valence-electron chi connectivity index (χ1n) is 8.00. The first kappa shape index (κ1) is 14.0. The van der Waals surface area contributed by atoms with Gasteiger partial charge in [0.25, 0.3) is 0 Å². The van der Waals surface area contributed by atoms with E-state index in [1.807, 2.05) is 6.07 Å². The molecular weight excluding hydrogens is 288 g/mol. The molecule has 4 rings (SSSR count). The molecule has 2 aliphatic rings. The zero-order valence-corrected chi connectivity index (χ0v) is 13.4. The van der Waals surface area contributed by atoms with Crippen molar-refractivity contribution in [1.82, 2.24) is 0 Å². The number of hydrogen-bond acceptors (Lipinski definition) is 2. The number of thioether (sulfide) groups is 1. The molecule has 1 fully saturated rings. The van der Waals surface area contributed by atoms with Crippen molar-refractivity contribution < 1.29 is 4.74 Å². The molecule has 2 aromatic carbocycles. The molecule has 2 heterocycles. The van der Waals surface area contributed by atoms with Crippen LogP contribution in [0, 0.1) is 0 Å². The van der Waals surface area contributed by atoms with Crippen molar-refractivity contribution in [2.24, 2.45) is 0 Å². The minimum absolute atomic E-state index is 0.629. The molecule has 2 aromatic rings. The molecule has 0 radical (unpaired) electrons. The van der Waals surface area contributed by atoms with Crippen LogP contribution in [0.1, 0.15) is 30.4 Å². The Bertz CT molecular complexity index is 677. The highest BCUT2D eigenvalue weighted by Crippen LogP contribution is 2.45. The summed E-state index contributed by atoms with van der Waals surface area (Å²) in [5, 5.41) is 1.57. The van der Waals surface area contributed by atoms with E-state index in [-0.39, 0.29) is 0 Å². The molecule has 1 nitrogen and oxygen atoms in total. The lowest BCUT2D eigenvalue weighted by Crippen LogP contribution is -2.05. The standard InChI is InChI=1S/C20H20OS/c1-2-5-15(6-3-1)14-21-18-8-4-7-16(11-18)17-12-19-9-10-20(13-17)22-19/h1-8,11-12,19-20H,9-10,13-14H2. The third kappa shape index (κ3) is 3.07. The monoisotopic (exact) mass is 308 g/mol. The number of hydrogen-bond donors (Lipinski definition) is 0. The van der Waals surface area contributed by atoms with Crippen LogP contribution >= 0.6 is 11.8 Å². The summed E-state index contributed by atoms with van der Waals surface area (Å²) in [5.74, 6) is 0.966. The Morgan fingerprint density at radius 1 is 1.00 bits per heavy atom. The van der Waals surface area contributed by atoms with Gasteiger partial charge in [0.15, 0.2) is 0 Å². The molecule has 2 aliphatic heterocycles. The van der Waals surface area contributed by atoms with Gasteiger partial charge in [0.1, 0.15) is 12.4 Å². The lowest BCUT2D eigenvalue weighted by Gasteiger charge is -2.20. The highest BCUT2D eigenvalue weighted by Gasteiger charge is 2.29. The molecule has 22 heavy (non-hydrogen) atoms. The van der Waals surface area contributed by atoms with E-state index in [4.69, 9.17) is 4.74 Å². The minimum atomic E-state index is 0.629. The van der Waals surface area contributed by atoms with E-state index in [0.29, 0.717) is 6.61 Å². The smallest absolute Gasteiger partial charge is 0.120 e. The first-order chi connectivity index (χ1) is 10.9. The Morgan fingerprint density at radius 3 is 2.77 bits per heavy atom. The SMILES string of the molecule is C1=C(c2cccc(OCc3ccccc3)c2)CC2CCC1S2. The second kappa shape index (κ2) is 6.21. The first-order valence-corrected chi connectivity index (χ1v) is 8.94. The van der Waals surface area contributed by atoms with Crippen LogP contribution in [-0.4, -0.2) is 10.5 Å². The number of rotatable bonds is 4. The molecule has 2 bridgehead atoms. The van der Waals surface area contributed by atoms with Crippen LogP contribution in [0.2, 0.25) is 0 Å². The van der Waals surface area contributed by atoms with Gasteiger partial charge in [0.05, 0.1) is 0 Å². The second-order valence-corrected chi connectivity index (χ2v) is 7.62. The van der Waals surface area contributed by atoms with E-state index in [2.05, 4.69) is 66.4 Å². The fraction of sp³-hybridized carbons (Fsp3) is 0.300. The van der Waals surface area contributed by atoms with Crippen LogP contribution < -0.4 is 4.74 Å². The van der Waals surface area contributed by atoms with Gasteiger partial charge in [0.2, 0.25) is 0 Å². The quantitative estimate of drug-likeness (QED) is 0.756. The maximum Gasteiger partial charge on any atom is 0.120 e. The lowest BCUT2D eigenvalue weighted by molar-refractivity contribution is 0.306. The Kier molecular flexibility index (Phi) is 3.94. The number of benzene rings is 2. The third-order valence-corrected chi connectivity index (χ3v) is 5.94. The van der Waals surface area contributed by atoms with Gasteiger partial charge in [-0.2, -0.15) is 11.8 Å². The molecule has 0 aromatic heterocycles. The Morgan fingerprint density at radius 2 is 1.91 bits per heavy atom. The summed E-state index contributed by atoms with van der Waals surface area (Å²) < 4.78 is 5.96. The van der Waals surface area contributed by atoms with Gasteiger partial charge in [-0.05, 0) is 48.1 Å². The predicted octanol–water partition coefficient (Wildman–Crippen LogP) is 5.32. The van der Waals surface area contributed by atoms with E-state index < -0.39 is 0 Å². The van der Waals surface area contributed by atoms with E-state index in [1.165, 1.54) is 36.0 Å². The summed E-state index contributed by atoms with van der Waals surface area (Å²) in [7, 11) is 0. The zero-order valence-electron chi connectivity index (χ0n) is 12.6. The molecule has 2 atom stereocenters. The second-order valence-electron chi connectivity index (χ2n) is 6.07. The van der Waals surface area contributed by atoms with Gasteiger partial charge in [0, 0.05) is 10.5 Å². The number of ether oxygens (including phenoxy) is 1. The molecule has 2 heteroatoms. The van der Waals surface area contributed by atoms with Gasteiger partial charge in [-0.15, -0.1) is 0 Å². The van der Waals surface area contributed by atoms with Crippen molar-refractivity contribution in [2.45, 2.75) is 36.4 Å². The third-order valence-electron chi connectivity index (χ3n) is 4.43. The van der Waals surface area contributed by atoms with Crippen LogP contribution in [0.3, 0.4) is 0 Å². The van der Waals surface area contributed by atoms with Crippen LogP contribution in [0.4, 0.5) is 0 Å². The molecule has 1 saturated heterocycles. The van der Waals surface area contributed by atoms with Gasteiger partial charge in [-0.25, -0.2) is 0 Å². The molecular formula is C20H20OS. The summed E-state index contributed by atoms with van der Waals surface area (Å²) in [4.78, 5) is 0. The summed E-state index contributed by atoms with van der Waals surface area (Å²) in [5.41, 5.74) is 4.05. The molecule has 0 spiro atoms. The average Bonchev–Trinajstić information content (AvgIpc) is 2.92. The molecule has 0 saturated carbocycles. The summed E-state index contributed by atoms with van der Waals surface area (Å²) in [6.07, 6.45) is 6.41. The largest absolute Gasteiger partial charge is 0.489 e. The zero-order chi connectivity index (χ0) is 14.8. The van der Waals surface area contributed by atoms with Gasteiger partial charge in [-0.3, -0.25) is 0 Å². The molecule has 0 N–H and O–H groups in total. The van der Waals surface area contributed by atoms with Crippen molar-refractivity contribution in [3.05, 3.63) is 71.8 Å². The number of fused-ring (bicyclic) bond motifs is 2. The normalized spacial score (nSPS) is 23.2. The highest BCUT2D eigenvalue weighted by molar-refractivity contribution is 8.01.